The van der Waals surface area contributed by atoms with E-state index in [0.29, 0.717) is 12.0 Å². The predicted octanol–water partition coefficient (Wildman–Crippen LogP) is 3.55. The number of nitrogens with zero attached hydrogens (tertiary/aromatic N) is 2. The van der Waals surface area contributed by atoms with Crippen LogP contribution in [0.1, 0.15) is 16.7 Å². The van der Waals surface area contributed by atoms with Gasteiger partial charge in [-0.1, -0.05) is 46.3 Å². The zero-order chi connectivity index (χ0) is 20.8. The number of hydrogen-bond acceptors (Lipinski definition) is 4. The second-order valence-corrected chi connectivity index (χ2v) is 7.13. The first-order chi connectivity index (χ1) is 14.1. The minimum atomic E-state index is -0.778. The summed E-state index contributed by atoms with van der Waals surface area (Å²) in [5.74, 6) is -0.692. The number of aromatic amines is 1. The first-order valence-electron chi connectivity index (χ1n) is 9.04. The molecule has 0 aliphatic rings. The summed E-state index contributed by atoms with van der Waals surface area (Å²) in [6, 6.07) is 16.1. The highest BCUT2D eigenvalue weighted by atomic mass is 79.9. The number of carbonyl (C=O) groups is 2. The third-order valence-corrected chi connectivity index (χ3v) is 5.29. The predicted molar refractivity (Wildman–Crippen MR) is 113 cm³/mol. The number of amides is 1. The Morgan fingerprint density at radius 3 is 2.59 bits per heavy atom. The lowest BCUT2D eigenvalue weighted by atomic mass is 10.0. The van der Waals surface area contributed by atoms with Gasteiger partial charge in [0.05, 0.1) is 24.1 Å². The fraction of sp³-hybridized carbons (Fsp3) is 0.227. The van der Waals surface area contributed by atoms with Crippen LogP contribution in [0.4, 0.5) is 0 Å². The molecular weight excluding hydrogens is 434 g/mol. The summed E-state index contributed by atoms with van der Waals surface area (Å²) in [7, 11) is 1.32. The molecule has 3 aromatic rings. The third-order valence-electron chi connectivity index (χ3n) is 4.81. The quantitative estimate of drug-likeness (QED) is 0.437. The van der Waals surface area contributed by atoms with Crippen molar-refractivity contribution in [3.8, 4) is 6.07 Å². The van der Waals surface area contributed by atoms with E-state index in [0.717, 1.165) is 22.0 Å². The number of hydrogen-bond donors (Lipinski definition) is 1. The second kappa shape index (κ2) is 9.39. The highest BCUT2D eigenvalue weighted by Crippen LogP contribution is 2.22. The number of nitrogens with one attached hydrogen (secondary N) is 1. The number of esters is 1. The van der Waals surface area contributed by atoms with Crippen molar-refractivity contribution < 1.29 is 14.3 Å². The number of ether oxygens (including phenoxy) is 1. The number of fused-ring (bicyclic) bond motifs is 1. The molecule has 6 nitrogen and oxygen atoms in total. The summed E-state index contributed by atoms with van der Waals surface area (Å²) in [6.07, 6.45) is 2.19. The molecular formula is C22H20BrN3O3. The van der Waals surface area contributed by atoms with Crippen LogP contribution < -0.4 is 0 Å². The van der Waals surface area contributed by atoms with Crippen molar-refractivity contribution in [3.05, 3.63) is 71.4 Å². The van der Waals surface area contributed by atoms with Crippen LogP contribution in [-0.4, -0.2) is 40.2 Å². The lowest BCUT2D eigenvalue weighted by molar-refractivity contribution is -0.152. The maximum absolute atomic E-state index is 12.7. The average Bonchev–Trinajstić information content (AvgIpc) is 3.18. The van der Waals surface area contributed by atoms with Crippen LogP contribution in [0.15, 0.2) is 54.7 Å². The molecule has 3 rings (SSSR count). The summed E-state index contributed by atoms with van der Waals surface area (Å²) in [5, 5.41) is 10.1. The summed E-state index contributed by atoms with van der Waals surface area (Å²) in [6.45, 7) is 0.234. The highest BCUT2D eigenvalue weighted by molar-refractivity contribution is 9.09. The van der Waals surface area contributed by atoms with Gasteiger partial charge in [0.1, 0.15) is 6.04 Å². The van der Waals surface area contributed by atoms with Gasteiger partial charge in [-0.3, -0.25) is 4.79 Å². The first kappa shape index (κ1) is 20.6. The largest absolute Gasteiger partial charge is 0.467 e. The lowest BCUT2D eigenvalue weighted by Crippen LogP contribution is -2.47. The van der Waals surface area contributed by atoms with Crippen molar-refractivity contribution >= 4 is 38.7 Å². The van der Waals surface area contributed by atoms with Crippen molar-refractivity contribution in [2.24, 2.45) is 0 Å². The Bertz CT molecular complexity index is 1050. The molecule has 0 unspecified atom stereocenters. The molecule has 0 aliphatic heterocycles. The number of para-hydroxylation sites is 1. The van der Waals surface area contributed by atoms with Crippen LogP contribution in [0.3, 0.4) is 0 Å². The highest BCUT2D eigenvalue weighted by Gasteiger charge is 2.31. The van der Waals surface area contributed by atoms with E-state index < -0.39 is 12.0 Å². The van der Waals surface area contributed by atoms with Crippen LogP contribution >= 0.6 is 15.9 Å². The van der Waals surface area contributed by atoms with Gasteiger partial charge in [-0.15, -0.1) is 0 Å². The van der Waals surface area contributed by atoms with Gasteiger partial charge in [-0.05, 0) is 29.3 Å². The summed E-state index contributed by atoms with van der Waals surface area (Å²) in [4.78, 5) is 30.1. The fourth-order valence-electron chi connectivity index (χ4n) is 3.30. The number of carbonyl (C=O) groups excluding carboxylic acids is 2. The van der Waals surface area contributed by atoms with Crippen LogP contribution in [0.2, 0.25) is 0 Å². The van der Waals surface area contributed by atoms with Gasteiger partial charge in [0.15, 0.2) is 0 Å². The Morgan fingerprint density at radius 2 is 1.93 bits per heavy atom. The number of methoxy groups -OCH3 is 1. The Kier molecular flexibility index (Phi) is 6.68. The fourth-order valence-corrected chi connectivity index (χ4v) is 3.62. The topological polar surface area (TPSA) is 86.2 Å². The lowest BCUT2D eigenvalue weighted by Gasteiger charge is -2.29. The average molecular weight is 454 g/mol. The summed E-state index contributed by atoms with van der Waals surface area (Å²) < 4.78 is 5.02. The van der Waals surface area contributed by atoms with Crippen LogP contribution in [0.25, 0.3) is 10.9 Å². The zero-order valence-electron chi connectivity index (χ0n) is 15.9. The molecule has 1 atom stereocenters. The monoisotopic (exact) mass is 453 g/mol. The van der Waals surface area contributed by atoms with Crippen LogP contribution in [0.5, 0.6) is 0 Å². The number of aromatic nitrogens is 1. The van der Waals surface area contributed by atoms with Crippen LogP contribution in [-0.2, 0) is 27.3 Å². The zero-order valence-corrected chi connectivity index (χ0v) is 17.5. The molecule has 1 N–H and O–H groups in total. The standard InChI is InChI=1S/C22H20BrN3O3/c1-29-22(28)20(10-17-13-25-19-5-3-2-4-18(17)19)26(21(27)11-23)14-16-8-6-15(12-24)7-9-16/h2-9,13,20,25H,10-11,14H2,1H3/t20-/m1/s1. The Balaban J connectivity index is 1.94. The summed E-state index contributed by atoms with van der Waals surface area (Å²) >= 11 is 3.22. The molecule has 1 aromatic heterocycles. The van der Waals surface area contributed by atoms with Gasteiger partial charge in [-0.2, -0.15) is 5.26 Å². The molecule has 0 fully saturated rings. The molecule has 0 saturated carbocycles. The van der Waals surface area contributed by atoms with Crippen molar-refractivity contribution in [2.45, 2.75) is 19.0 Å². The van der Waals surface area contributed by atoms with Crippen molar-refractivity contribution in [3.63, 3.8) is 0 Å². The van der Waals surface area contributed by atoms with E-state index in [-0.39, 0.29) is 17.8 Å². The molecule has 1 heterocycles. The number of H-pyrrole nitrogens is 1. The minimum absolute atomic E-state index is 0.0880. The molecule has 0 saturated heterocycles. The molecule has 0 spiro atoms. The Labute approximate surface area is 177 Å². The van der Waals surface area contributed by atoms with E-state index in [9.17, 15) is 9.59 Å². The SMILES string of the molecule is COC(=O)[C@@H](Cc1c[nH]c2ccccc12)N(Cc1ccc(C#N)cc1)C(=O)CBr. The molecule has 0 bridgehead atoms. The number of rotatable bonds is 7. The van der Waals surface area contributed by atoms with E-state index in [2.05, 4.69) is 27.0 Å². The maximum atomic E-state index is 12.7. The van der Waals surface area contributed by atoms with Crippen LogP contribution in [0, 0.1) is 11.3 Å². The van der Waals surface area contributed by atoms with E-state index in [1.165, 1.54) is 12.0 Å². The molecule has 2 aromatic carbocycles. The smallest absolute Gasteiger partial charge is 0.328 e. The number of halogens is 1. The van der Waals surface area contributed by atoms with Gasteiger partial charge >= 0.3 is 5.97 Å². The van der Waals surface area contributed by atoms with Gasteiger partial charge in [0, 0.05) is 30.1 Å². The minimum Gasteiger partial charge on any atom is -0.467 e. The number of alkyl halides is 1. The van der Waals surface area contributed by atoms with E-state index in [4.69, 9.17) is 10.00 Å². The van der Waals surface area contributed by atoms with Crippen molar-refractivity contribution in [2.75, 3.05) is 12.4 Å². The number of nitriles is 1. The molecule has 7 heteroatoms. The molecule has 0 aliphatic carbocycles. The van der Waals surface area contributed by atoms with Crippen molar-refractivity contribution in [1.29, 1.82) is 5.26 Å². The van der Waals surface area contributed by atoms with Gasteiger partial charge in [0.2, 0.25) is 5.91 Å². The molecule has 0 radical (unpaired) electrons. The first-order valence-corrected chi connectivity index (χ1v) is 10.2. The number of benzene rings is 2. The van der Waals surface area contributed by atoms with Gasteiger partial charge in [0.25, 0.3) is 0 Å². The second-order valence-electron chi connectivity index (χ2n) is 6.57. The summed E-state index contributed by atoms with van der Waals surface area (Å²) in [5.41, 5.74) is 3.27. The van der Waals surface area contributed by atoms with Crippen molar-refractivity contribution in [1.82, 2.24) is 9.88 Å². The third kappa shape index (κ3) is 4.66. The van der Waals surface area contributed by atoms with E-state index in [1.54, 1.807) is 24.3 Å². The van der Waals surface area contributed by atoms with Gasteiger partial charge < -0.3 is 14.6 Å². The Morgan fingerprint density at radius 1 is 1.21 bits per heavy atom. The molecule has 148 valence electrons. The van der Waals surface area contributed by atoms with Gasteiger partial charge in [-0.25, -0.2) is 4.79 Å². The van der Waals surface area contributed by atoms with E-state index in [1.807, 2.05) is 30.5 Å². The Hall–Kier alpha value is -3.11. The van der Waals surface area contributed by atoms with E-state index >= 15 is 0 Å². The molecule has 29 heavy (non-hydrogen) atoms. The normalized spacial score (nSPS) is 11.6. The maximum Gasteiger partial charge on any atom is 0.328 e. The molecule has 1 amide bonds.